The standard InChI is InChI=1S/C19H29N3O6/c1-25-16(23)14(17(24)26-2)15(12-8-6-5-7-9-12)22-19-20-11-10-13(21-19)18(27-3)28-4/h10-12,14-15,18H,5-9H2,1-4H3,(H,20,21,22)/t15-/m0/s1. The molecule has 0 unspecified atom stereocenters. The van der Waals surface area contributed by atoms with Gasteiger partial charge in [0.1, 0.15) is 5.69 Å². The number of nitrogens with zero attached hydrogens (tertiary/aromatic N) is 2. The molecule has 1 aliphatic rings. The second kappa shape index (κ2) is 10.9. The molecule has 9 heteroatoms. The highest BCUT2D eigenvalue weighted by Gasteiger charge is 2.42. The number of carbonyl (C=O) groups excluding carboxylic acids is 2. The molecule has 1 saturated carbocycles. The number of rotatable bonds is 9. The third-order valence-electron chi connectivity index (χ3n) is 5.07. The monoisotopic (exact) mass is 395 g/mol. The first-order valence-corrected chi connectivity index (χ1v) is 9.36. The van der Waals surface area contributed by atoms with Crippen LogP contribution in [0.3, 0.4) is 0 Å². The Morgan fingerprint density at radius 2 is 1.64 bits per heavy atom. The van der Waals surface area contributed by atoms with Crippen molar-refractivity contribution < 1.29 is 28.5 Å². The molecular formula is C19H29N3O6. The zero-order valence-electron chi connectivity index (χ0n) is 16.8. The van der Waals surface area contributed by atoms with Gasteiger partial charge in [-0.3, -0.25) is 9.59 Å². The molecule has 28 heavy (non-hydrogen) atoms. The second-order valence-corrected chi connectivity index (χ2v) is 6.70. The first-order chi connectivity index (χ1) is 13.5. The van der Waals surface area contributed by atoms with Crippen molar-refractivity contribution in [1.29, 1.82) is 0 Å². The Labute approximate surface area is 165 Å². The van der Waals surface area contributed by atoms with Crippen molar-refractivity contribution in [2.45, 2.75) is 44.4 Å². The molecule has 0 saturated heterocycles. The van der Waals surface area contributed by atoms with Crippen LogP contribution in [0.2, 0.25) is 0 Å². The molecule has 1 atom stereocenters. The van der Waals surface area contributed by atoms with Gasteiger partial charge in [-0.1, -0.05) is 19.3 Å². The van der Waals surface area contributed by atoms with Crippen LogP contribution in [0.15, 0.2) is 12.3 Å². The largest absolute Gasteiger partial charge is 0.468 e. The van der Waals surface area contributed by atoms with Gasteiger partial charge in [0.25, 0.3) is 0 Å². The third-order valence-corrected chi connectivity index (χ3v) is 5.07. The maximum atomic E-state index is 12.4. The molecule has 0 aromatic carbocycles. The van der Waals surface area contributed by atoms with Gasteiger partial charge in [0.15, 0.2) is 5.92 Å². The maximum Gasteiger partial charge on any atom is 0.322 e. The van der Waals surface area contributed by atoms with Gasteiger partial charge >= 0.3 is 11.9 Å². The lowest BCUT2D eigenvalue weighted by molar-refractivity contribution is -0.160. The number of hydrogen-bond acceptors (Lipinski definition) is 9. The summed E-state index contributed by atoms with van der Waals surface area (Å²) in [5.41, 5.74) is 0.526. The summed E-state index contributed by atoms with van der Waals surface area (Å²) in [6.07, 6.45) is 5.91. The van der Waals surface area contributed by atoms with Gasteiger partial charge in [-0.25, -0.2) is 9.97 Å². The number of methoxy groups -OCH3 is 4. The predicted molar refractivity (Wildman–Crippen MR) is 100 cm³/mol. The Morgan fingerprint density at radius 3 is 2.18 bits per heavy atom. The van der Waals surface area contributed by atoms with Crippen LogP contribution in [0.25, 0.3) is 0 Å². The van der Waals surface area contributed by atoms with Gasteiger partial charge in [-0.05, 0) is 24.8 Å². The summed E-state index contributed by atoms with van der Waals surface area (Å²) in [7, 11) is 5.54. The molecule has 1 aliphatic carbocycles. The van der Waals surface area contributed by atoms with Crippen LogP contribution in [0.5, 0.6) is 0 Å². The fourth-order valence-electron chi connectivity index (χ4n) is 3.67. The van der Waals surface area contributed by atoms with Crippen molar-refractivity contribution in [2.75, 3.05) is 33.8 Å². The van der Waals surface area contributed by atoms with Crippen LogP contribution in [0.4, 0.5) is 5.95 Å². The average Bonchev–Trinajstić information content (AvgIpc) is 2.74. The second-order valence-electron chi connectivity index (χ2n) is 6.70. The molecular weight excluding hydrogens is 366 g/mol. The van der Waals surface area contributed by atoms with Crippen LogP contribution in [-0.2, 0) is 28.5 Å². The highest BCUT2D eigenvalue weighted by molar-refractivity contribution is 5.96. The quantitative estimate of drug-likeness (QED) is 0.382. The predicted octanol–water partition coefficient (Wildman–Crippen LogP) is 2.09. The number of nitrogens with one attached hydrogen (secondary N) is 1. The SMILES string of the molecule is COC(=O)C(C(=O)OC)[C@@H](Nc1nccc(C(OC)OC)n1)C1CCCCC1. The Balaban J connectivity index is 2.35. The lowest BCUT2D eigenvalue weighted by Crippen LogP contribution is -2.46. The summed E-state index contributed by atoms with van der Waals surface area (Å²) < 4.78 is 20.2. The van der Waals surface area contributed by atoms with Gasteiger partial charge in [0.05, 0.1) is 20.3 Å². The van der Waals surface area contributed by atoms with Crippen molar-refractivity contribution in [1.82, 2.24) is 9.97 Å². The Hall–Kier alpha value is -2.26. The number of aromatic nitrogens is 2. The number of ether oxygens (including phenoxy) is 4. The minimum Gasteiger partial charge on any atom is -0.468 e. The fourth-order valence-corrected chi connectivity index (χ4v) is 3.67. The molecule has 0 spiro atoms. The van der Waals surface area contributed by atoms with Gasteiger partial charge in [0.2, 0.25) is 12.2 Å². The smallest absolute Gasteiger partial charge is 0.322 e. The molecule has 9 nitrogen and oxygen atoms in total. The van der Waals surface area contributed by atoms with Crippen LogP contribution >= 0.6 is 0 Å². The van der Waals surface area contributed by atoms with Crippen molar-refractivity contribution in [3.63, 3.8) is 0 Å². The molecule has 1 aromatic heterocycles. The van der Waals surface area contributed by atoms with Crippen LogP contribution in [0, 0.1) is 11.8 Å². The Bertz CT molecular complexity index is 630. The molecule has 1 N–H and O–H groups in total. The zero-order chi connectivity index (χ0) is 20.5. The molecule has 0 radical (unpaired) electrons. The summed E-state index contributed by atoms with van der Waals surface area (Å²) in [5, 5.41) is 3.19. The van der Waals surface area contributed by atoms with Gasteiger partial charge in [-0.15, -0.1) is 0 Å². The van der Waals surface area contributed by atoms with E-state index in [9.17, 15) is 9.59 Å². The van der Waals surface area contributed by atoms with E-state index in [1.807, 2.05) is 0 Å². The number of hydrogen-bond donors (Lipinski definition) is 1. The molecule has 0 aliphatic heterocycles. The van der Waals surface area contributed by atoms with Crippen molar-refractivity contribution in [3.05, 3.63) is 18.0 Å². The number of carbonyl (C=O) groups is 2. The topological polar surface area (TPSA) is 109 Å². The minimum absolute atomic E-state index is 0.0878. The highest BCUT2D eigenvalue weighted by Crippen LogP contribution is 2.32. The first kappa shape index (κ1) is 22.0. The molecule has 2 rings (SSSR count). The molecule has 1 aromatic rings. The van der Waals surface area contributed by atoms with E-state index in [2.05, 4.69) is 15.3 Å². The summed E-state index contributed by atoms with van der Waals surface area (Å²) in [5.74, 6) is -2.02. The van der Waals surface area contributed by atoms with Crippen LogP contribution in [0.1, 0.15) is 44.1 Å². The average molecular weight is 395 g/mol. The van der Waals surface area contributed by atoms with Crippen LogP contribution in [-0.4, -0.2) is 56.4 Å². The zero-order valence-corrected chi connectivity index (χ0v) is 16.8. The lowest BCUT2D eigenvalue weighted by atomic mass is 9.78. The molecule has 0 amide bonds. The summed E-state index contributed by atoms with van der Waals surface area (Å²) in [6, 6.07) is 1.13. The fraction of sp³-hybridized carbons (Fsp3) is 0.684. The van der Waals surface area contributed by atoms with Crippen molar-refractivity contribution in [3.8, 4) is 0 Å². The molecule has 1 heterocycles. The minimum atomic E-state index is -1.11. The van der Waals surface area contributed by atoms with Crippen LogP contribution < -0.4 is 5.32 Å². The van der Waals surface area contributed by atoms with E-state index in [1.165, 1.54) is 28.4 Å². The van der Waals surface area contributed by atoms with Crippen molar-refractivity contribution in [2.24, 2.45) is 11.8 Å². The van der Waals surface area contributed by atoms with E-state index in [1.54, 1.807) is 12.3 Å². The molecule has 1 fully saturated rings. The van der Waals surface area contributed by atoms with Crippen molar-refractivity contribution >= 4 is 17.9 Å². The number of anilines is 1. The molecule has 156 valence electrons. The van der Waals surface area contributed by atoms with E-state index >= 15 is 0 Å². The van der Waals surface area contributed by atoms with E-state index in [0.29, 0.717) is 5.69 Å². The highest BCUT2D eigenvalue weighted by atomic mass is 16.7. The Kier molecular flexibility index (Phi) is 8.59. The summed E-state index contributed by atoms with van der Waals surface area (Å²) in [6.45, 7) is 0. The summed E-state index contributed by atoms with van der Waals surface area (Å²) in [4.78, 5) is 33.5. The van der Waals surface area contributed by atoms with Gasteiger partial charge in [0, 0.05) is 20.4 Å². The lowest BCUT2D eigenvalue weighted by Gasteiger charge is -2.34. The van der Waals surface area contributed by atoms with E-state index in [-0.39, 0.29) is 11.9 Å². The van der Waals surface area contributed by atoms with E-state index in [4.69, 9.17) is 18.9 Å². The van der Waals surface area contributed by atoms with E-state index in [0.717, 1.165) is 32.1 Å². The van der Waals surface area contributed by atoms with E-state index < -0.39 is 30.2 Å². The number of esters is 2. The molecule has 0 bridgehead atoms. The van der Waals surface area contributed by atoms with Gasteiger partial charge in [-0.2, -0.15) is 0 Å². The Morgan fingerprint density at radius 1 is 1.04 bits per heavy atom. The maximum absolute atomic E-state index is 12.4. The normalized spacial score (nSPS) is 16.1. The van der Waals surface area contributed by atoms with Gasteiger partial charge < -0.3 is 24.3 Å². The third kappa shape index (κ3) is 5.39. The summed E-state index contributed by atoms with van der Waals surface area (Å²) >= 11 is 0. The first-order valence-electron chi connectivity index (χ1n) is 9.36.